The molecule has 1 fully saturated rings. The molecule has 186 valence electrons. The van der Waals surface area contributed by atoms with Crippen LogP contribution in [0.1, 0.15) is 37.0 Å². The van der Waals surface area contributed by atoms with E-state index in [1.807, 2.05) is 0 Å². The van der Waals surface area contributed by atoms with Crippen molar-refractivity contribution in [3.63, 3.8) is 0 Å². The van der Waals surface area contributed by atoms with E-state index in [4.69, 9.17) is 4.74 Å². The topological polar surface area (TPSA) is 111 Å². The van der Waals surface area contributed by atoms with E-state index in [2.05, 4.69) is 22.5 Å². The maximum absolute atomic E-state index is 13.4. The third-order valence-electron chi connectivity index (χ3n) is 6.26. The summed E-state index contributed by atoms with van der Waals surface area (Å²) in [6.07, 6.45) is 0.198. The Morgan fingerprint density at radius 1 is 1.06 bits per heavy atom. The second-order valence-corrected chi connectivity index (χ2v) is 8.43. The van der Waals surface area contributed by atoms with Gasteiger partial charge in [-0.2, -0.15) is 0 Å². The fraction of sp³-hybridized carbons (Fsp3) is 0.583. The highest BCUT2D eigenvalue weighted by Crippen LogP contribution is 2.19. The molecule has 0 aromatic heterocycles. The molecule has 2 heterocycles. The molecular formula is C24H35N5O5. The normalized spacial score (nSPS) is 21.5. The zero-order chi connectivity index (χ0) is 24.5. The van der Waals surface area contributed by atoms with Crippen molar-refractivity contribution in [1.29, 1.82) is 0 Å². The van der Waals surface area contributed by atoms with Crippen molar-refractivity contribution in [3.8, 4) is 5.75 Å². The number of likely N-dealkylation sites (N-methyl/N-ethyl adjacent to an activating group) is 2. The van der Waals surface area contributed by atoms with Crippen molar-refractivity contribution in [2.24, 2.45) is 0 Å². The van der Waals surface area contributed by atoms with Gasteiger partial charge in [0, 0.05) is 39.1 Å². The van der Waals surface area contributed by atoms with E-state index in [1.54, 1.807) is 36.1 Å². The second kappa shape index (κ2) is 12.4. The van der Waals surface area contributed by atoms with Crippen molar-refractivity contribution in [2.75, 3.05) is 59.0 Å². The molecule has 1 atom stereocenters. The number of hydrogen-bond donors (Lipinski definition) is 2. The summed E-state index contributed by atoms with van der Waals surface area (Å²) in [5, 5.41) is 5.58. The van der Waals surface area contributed by atoms with Crippen LogP contribution in [-0.2, 0) is 14.4 Å². The Balaban J connectivity index is 1.82. The van der Waals surface area contributed by atoms with Gasteiger partial charge < -0.3 is 30.1 Å². The first-order valence-electron chi connectivity index (χ1n) is 12.0. The molecule has 34 heavy (non-hydrogen) atoms. The lowest BCUT2D eigenvalue weighted by atomic mass is 10.1. The molecule has 2 N–H and O–H groups in total. The van der Waals surface area contributed by atoms with Gasteiger partial charge in [-0.1, -0.05) is 19.1 Å². The average Bonchev–Trinajstić information content (AvgIpc) is 2.86. The molecule has 4 amide bonds. The van der Waals surface area contributed by atoms with Gasteiger partial charge in [0.2, 0.25) is 17.7 Å². The van der Waals surface area contributed by atoms with Crippen LogP contribution in [0.3, 0.4) is 0 Å². The van der Waals surface area contributed by atoms with Crippen molar-refractivity contribution < 1.29 is 23.9 Å². The summed E-state index contributed by atoms with van der Waals surface area (Å²) in [6, 6.07) is 5.94. The summed E-state index contributed by atoms with van der Waals surface area (Å²) in [7, 11) is 0. The van der Waals surface area contributed by atoms with Crippen LogP contribution in [0.4, 0.5) is 0 Å². The van der Waals surface area contributed by atoms with Crippen LogP contribution in [0.5, 0.6) is 5.75 Å². The quantitative estimate of drug-likeness (QED) is 0.644. The largest absolute Gasteiger partial charge is 0.491 e. The molecule has 0 spiro atoms. The summed E-state index contributed by atoms with van der Waals surface area (Å²) in [6.45, 7) is 8.24. The minimum absolute atomic E-state index is 0.0465. The third kappa shape index (κ3) is 6.69. The smallest absolute Gasteiger partial charge is 0.255 e. The van der Waals surface area contributed by atoms with Crippen LogP contribution in [0.25, 0.3) is 0 Å². The summed E-state index contributed by atoms with van der Waals surface area (Å²) in [5.41, 5.74) is 0.304. The summed E-state index contributed by atoms with van der Waals surface area (Å²) >= 11 is 0. The van der Waals surface area contributed by atoms with Crippen LogP contribution in [-0.4, -0.2) is 103 Å². The van der Waals surface area contributed by atoms with E-state index < -0.39 is 11.9 Å². The van der Waals surface area contributed by atoms with Gasteiger partial charge in [0.05, 0.1) is 18.7 Å². The Bertz CT molecular complexity index is 884. The van der Waals surface area contributed by atoms with Crippen LogP contribution < -0.4 is 15.4 Å². The average molecular weight is 474 g/mol. The van der Waals surface area contributed by atoms with Crippen LogP contribution in [0.15, 0.2) is 24.3 Å². The van der Waals surface area contributed by atoms with E-state index >= 15 is 0 Å². The highest BCUT2D eigenvalue weighted by atomic mass is 16.5. The van der Waals surface area contributed by atoms with Crippen molar-refractivity contribution in [2.45, 2.75) is 32.7 Å². The lowest BCUT2D eigenvalue weighted by molar-refractivity contribution is -0.137. The standard InChI is InChI=1S/C24H35N5O5/c1-3-27-12-14-29(15-13-27)24(33)19-9-10-22(31)28(4-2)17-21(30)25-11-16-34-20-8-6-5-7-18(20)23(32)26-19/h5-8,19H,3-4,9-17H2,1-2H3,(H,25,30)(H,26,32)/t19-/m0/s1. The number of hydrogen-bond acceptors (Lipinski definition) is 6. The van der Waals surface area contributed by atoms with Gasteiger partial charge in [-0.15, -0.1) is 0 Å². The molecule has 1 aromatic rings. The first kappa shape index (κ1) is 25.5. The number of nitrogens with zero attached hydrogens (tertiary/aromatic N) is 3. The molecule has 10 heteroatoms. The van der Waals surface area contributed by atoms with Crippen molar-refractivity contribution >= 4 is 23.6 Å². The lowest BCUT2D eigenvalue weighted by Crippen LogP contribution is -2.55. The van der Waals surface area contributed by atoms with Gasteiger partial charge in [0.25, 0.3) is 5.91 Å². The van der Waals surface area contributed by atoms with Gasteiger partial charge in [-0.05, 0) is 32.0 Å². The molecule has 0 unspecified atom stereocenters. The van der Waals surface area contributed by atoms with Crippen LogP contribution >= 0.6 is 0 Å². The number of nitrogens with one attached hydrogen (secondary N) is 2. The fourth-order valence-corrected chi connectivity index (χ4v) is 4.16. The predicted molar refractivity (Wildman–Crippen MR) is 126 cm³/mol. The first-order chi connectivity index (χ1) is 16.4. The van der Waals surface area contributed by atoms with E-state index in [1.165, 1.54) is 4.90 Å². The molecule has 0 bridgehead atoms. The van der Waals surface area contributed by atoms with Gasteiger partial charge in [0.15, 0.2) is 0 Å². The molecule has 1 saturated heterocycles. The molecule has 2 aliphatic rings. The summed E-state index contributed by atoms with van der Waals surface area (Å²) in [4.78, 5) is 57.1. The molecule has 2 aliphatic heterocycles. The summed E-state index contributed by atoms with van der Waals surface area (Å²) < 4.78 is 5.74. The second-order valence-electron chi connectivity index (χ2n) is 8.43. The maximum Gasteiger partial charge on any atom is 0.255 e. The maximum atomic E-state index is 13.4. The van der Waals surface area contributed by atoms with Gasteiger partial charge >= 0.3 is 0 Å². The number of fused-ring (bicyclic) bond motifs is 1. The molecule has 1 aromatic carbocycles. The van der Waals surface area contributed by atoms with Crippen LogP contribution in [0.2, 0.25) is 0 Å². The predicted octanol–water partition coefficient (Wildman–Crippen LogP) is 0.0864. The minimum Gasteiger partial charge on any atom is -0.491 e. The van der Waals surface area contributed by atoms with E-state index in [-0.39, 0.29) is 50.3 Å². The Labute approximate surface area is 200 Å². The summed E-state index contributed by atoms with van der Waals surface area (Å²) in [5.74, 6) is -0.761. The molecule has 0 radical (unpaired) electrons. The molecule has 3 rings (SSSR count). The number of rotatable bonds is 3. The number of benzene rings is 1. The highest BCUT2D eigenvalue weighted by Gasteiger charge is 2.30. The number of amides is 4. The van der Waals surface area contributed by atoms with E-state index in [0.717, 1.165) is 19.6 Å². The number of carbonyl (C=O) groups excluding carboxylic acids is 4. The zero-order valence-corrected chi connectivity index (χ0v) is 20.0. The Morgan fingerprint density at radius 3 is 2.50 bits per heavy atom. The number of para-hydroxylation sites is 1. The van der Waals surface area contributed by atoms with E-state index in [0.29, 0.717) is 30.9 Å². The highest BCUT2D eigenvalue weighted by molar-refractivity contribution is 5.99. The van der Waals surface area contributed by atoms with Crippen molar-refractivity contribution in [1.82, 2.24) is 25.3 Å². The zero-order valence-electron chi connectivity index (χ0n) is 20.0. The molecule has 0 saturated carbocycles. The number of piperazine rings is 1. The Morgan fingerprint density at radius 2 is 1.79 bits per heavy atom. The first-order valence-corrected chi connectivity index (χ1v) is 12.0. The third-order valence-corrected chi connectivity index (χ3v) is 6.26. The fourth-order valence-electron chi connectivity index (χ4n) is 4.16. The van der Waals surface area contributed by atoms with Crippen LogP contribution in [0, 0.1) is 0 Å². The number of carbonyl (C=O) groups is 4. The molecule has 0 aliphatic carbocycles. The van der Waals surface area contributed by atoms with Gasteiger partial charge in [0.1, 0.15) is 18.4 Å². The number of ether oxygens (including phenoxy) is 1. The molecule has 10 nitrogen and oxygen atoms in total. The molecular weight excluding hydrogens is 438 g/mol. The van der Waals surface area contributed by atoms with Gasteiger partial charge in [-0.25, -0.2) is 0 Å². The van der Waals surface area contributed by atoms with E-state index in [9.17, 15) is 19.2 Å². The SMILES string of the molecule is CCN1CCN(C(=O)[C@@H]2CCC(=O)N(CC)CC(=O)NCCOc3ccccc3C(=O)N2)CC1. The Hall–Kier alpha value is -3.14. The van der Waals surface area contributed by atoms with Crippen molar-refractivity contribution in [3.05, 3.63) is 29.8 Å². The lowest BCUT2D eigenvalue weighted by Gasteiger charge is -2.36. The Kier molecular flexibility index (Phi) is 9.26. The monoisotopic (exact) mass is 473 g/mol. The minimum atomic E-state index is -0.852. The van der Waals surface area contributed by atoms with Gasteiger partial charge in [-0.3, -0.25) is 19.2 Å².